The summed E-state index contributed by atoms with van der Waals surface area (Å²) in [6.45, 7) is 11.0. The lowest BCUT2D eigenvalue weighted by Crippen LogP contribution is -2.33. The molecule has 0 saturated carbocycles. The molecule has 25 heavy (non-hydrogen) atoms. The smallest absolute Gasteiger partial charge is 0.0706 e. The van der Waals surface area contributed by atoms with E-state index in [0.717, 1.165) is 0 Å². The van der Waals surface area contributed by atoms with Gasteiger partial charge in [-0.05, 0) is 56.9 Å². The number of hydrogen-bond donors (Lipinski definition) is 1. The van der Waals surface area contributed by atoms with E-state index in [4.69, 9.17) is 0 Å². The number of aromatic nitrogens is 1. The molecule has 2 unspecified atom stereocenters. The van der Waals surface area contributed by atoms with Crippen LogP contribution in [0.4, 0.5) is 0 Å². The average molecular weight is 330 g/mol. The molecule has 128 valence electrons. The van der Waals surface area contributed by atoms with E-state index >= 15 is 0 Å². The molecule has 0 spiro atoms. The Bertz CT molecular complexity index is 937. The Hall–Kier alpha value is -2.48. The molecule has 2 aliphatic rings. The van der Waals surface area contributed by atoms with E-state index in [2.05, 4.69) is 93.3 Å². The second-order valence-electron chi connectivity index (χ2n) is 7.46. The van der Waals surface area contributed by atoms with Crippen LogP contribution in [0.5, 0.6) is 0 Å². The van der Waals surface area contributed by atoms with E-state index in [1.165, 1.54) is 44.9 Å². The number of nitrogens with one attached hydrogen (secondary N) is 1. The van der Waals surface area contributed by atoms with Crippen LogP contribution in [0.2, 0.25) is 0 Å². The highest BCUT2D eigenvalue weighted by Gasteiger charge is 2.34. The van der Waals surface area contributed by atoms with Crippen molar-refractivity contribution in [3.63, 3.8) is 0 Å². The lowest BCUT2D eigenvalue weighted by Gasteiger charge is -2.37. The van der Waals surface area contributed by atoms with Gasteiger partial charge in [-0.15, -0.1) is 0 Å². The first-order valence-electron chi connectivity index (χ1n) is 9.12. The van der Waals surface area contributed by atoms with Crippen LogP contribution in [0.25, 0.3) is 16.8 Å². The van der Waals surface area contributed by atoms with Crippen molar-refractivity contribution >= 4 is 5.57 Å². The van der Waals surface area contributed by atoms with E-state index in [9.17, 15) is 0 Å². The maximum atomic E-state index is 3.69. The lowest BCUT2D eigenvalue weighted by atomic mass is 9.77. The van der Waals surface area contributed by atoms with Gasteiger partial charge < -0.3 is 0 Å². The zero-order valence-corrected chi connectivity index (χ0v) is 15.7. The number of rotatable bonds is 1. The summed E-state index contributed by atoms with van der Waals surface area (Å²) >= 11 is 0. The quantitative estimate of drug-likeness (QED) is 0.696. The van der Waals surface area contributed by atoms with Gasteiger partial charge in [0.05, 0.1) is 11.4 Å². The van der Waals surface area contributed by atoms with Gasteiger partial charge >= 0.3 is 0 Å². The molecule has 0 fully saturated rings. The van der Waals surface area contributed by atoms with E-state index < -0.39 is 0 Å². The molecule has 1 aliphatic heterocycles. The number of hydrogen-bond acceptors (Lipinski definition) is 1. The Labute approximate surface area is 150 Å². The Balaban J connectivity index is 1.91. The molecular formula is C23H26N2. The zero-order valence-electron chi connectivity index (χ0n) is 15.7. The van der Waals surface area contributed by atoms with Crippen LogP contribution >= 0.6 is 0 Å². The van der Waals surface area contributed by atoms with Gasteiger partial charge in [-0.3, -0.25) is 10.1 Å². The first-order valence-corrected chi connectivity index (χ1v) is 9.12. The van der Waals surface area contributed by atoms with Gasteiger partial charge in [-0.25, -0.2) is 0 Å². The first-order chi connectivity index (χ1) is 12.0. The highest BCUT2D eigenvalue weighted by molar-refractivity contribution is 5.79. The third kappa shape index (κ3) is 2.48. The first kappa shape index (κ1) is 16.0. The van der Waals surface area contributed by atoms with Crippen LogP contribution in [0.15, 0.2) is 59.8 Å². The molecule has 1 aliphatic carbocycles. The Morgan fingerprint density at radius 2 is 1.80 bits per heavy atom. The third-order valence-electron chi connectivity index (χ3n) is 5.49. The summed E-state index contributed by atoms with van der Waals surface area (Å²) in [6, 6.07) is 11.2. The third-order valence-corrected chi connectivity index (χ3v) is 5.49. The van der Waals surface area contributed by atoms with Gasteiger partial charge in [0.25, 0.3) is 0 Å². The molecule has 2 heteroatoms. The molecule has 2 nitrogen and oxygen atoms in total. The minimum Gasteiger partial charge on any atom is -0.298 e. The highest BCUT2D eigenvalue weighted by atomic mass is 15.4. The molecule has 4 rings (SSSR count). The summed E-state index contributed by atoms with van der Waals surface area (Å²) in [4.78, 5) is 0. The molecule has 1 N–H and O–H groups in total. The molecule has 0 bridgehead atoms. The minimum atomic E-state index is 0.420. The molecule has 2 atom stereocenters. The van der Waals surface area contributed by atoms with Crippen LogP contribution in [-0.4, -0.2) is 4.68 Å². The van der Waals surface area contributed by atoms with E-state index in [1.807, 2.05) is 0 Å². The summed E-state index contributed by atoms with van der Waals surface area (Å²) in [5.74, 6) is 0.926. The van der Waals surface area contributed by atoms with Crippen molar-refractivity contribution in [3.8, 4) is 11.3 Å². The normalized spacial score (nSPS) is 23.5. The summed E-state index contributed by atoms with van der Waals surface area (Å²) in [5, 5.41) is 0. The van der Waals surface area contributed by atoms with Crippen molar-refractivity contribution in [1.82, 2.24) is 4.68 Å². The number of nitrogens with zero attached hydrogens (tertiary/aromatic N) is 1. The SMILES string of the molecule is C/C=C1\Nn2c(ccc2-c2ccc(C)cc2C)C2=CC(C)=CC(C)C21. The van der Waals surface area contributed by atoms with Crippen molar-refractivity contribution in [1.29, 1.82) is 0 Å². The number of allylic oxidation sites excluding steroid dienone is 5. The van der Waals surface area contributed by atoms with Gasteiger partial charge in [0.1, 0.15) is 0 Å². The fraction of sp³-hybridized carbons (Fsp3) is 0.304. The fourth-order valence-electron chi connectivity index (χ4n) is 4.40. The maximum absolute atomic E-state index is 3.69. The molecule has 2 heterocycles. The van der Waals surface area contributed by atoms with Gasteiger partial charge in [0.15, 0.2) is 0 Å². The van der Waals surface area contributed by atoms with E-state index in [-0.39, 0.29) is 0 Å². The number of benzene rings is 1. The summed E-state index contributed by atoms with van der Waals surface area (Å²) < 4.78 is 2.26. The zero-order chi connectivity index (χ0) is 17.7. The van der Waals surface area contributed by atoms with Gasteiger partial charge in [0, 0.05) is 17.2 Å². The molecule has 0 saturated heterocycles. The lowest BCUT2D eigenvalue weighted by molar-refractivity contribution is 0.558. The summed E-state index contributed by atoms with van der Waals surface area (Å²) in [6.07, 6.45) is 6.95. The van der Waals surface area contributed by atoms with Crippen molar-refractivity contribution in [3.05, 3.63) is 76.7 Å². The van der Waals surface area contributed by atoms with Crippen molar-refractivity contribution in [2.75, 3.05) is 5.43 Å². The van der Waals surface area contributed by atoms with Crippen LogP contribution < -0.4 is 5.43 Å². The maximum Gasteiger partial charge on any atom is 0.0706 e. The Morgan fingerprint density at radius 1 is 1.04 bits per heavy atom. The molecule has 2 aromatic rings. The monoisotopic (exact) mass is 330 g/mol. The van der Waals surface area contributed by atoms with Gasteiger partial charge in [0.2, 0.25) is 0 Å². The molecule has 0 amide bonds. The predicted octanol–water partition coefficient (Wildman–Crippen LogP) is 5.83. The standard InChI is InChI=1S/C23H26N2/c1-6-20-23-17(5)12-15(3)13-19(23)22-10-9-21(25(22)24-20)18-8-7-14(2)11-16(18)4/h6-13,17,23-24H,1-5H3/b20-6-. The van der Waals surface area contributed by atoms with Gasteiger partial charge in [-0.1, -0.05) is 54.5 Å². The van der Waals surface area contributed by atoms with Crippen LogP contribution in [-0.2, 0) is 0 Å². The fourth-order valence-corrected chi connectivity index (χ4v) is 4.40. The van der Waals surface area contributed by atoms with Crippen molar-refractivity contribution in [2.45, 2.75) is 34.6 Å². The predicted molar refractivity (Wildman–Crippen MR) is 107 cm³/mol. The molecule has 1 aromatic heterocycles. The Morgan fingerprint density at radius 3 is 2.52 bits per heavy atom. The van der Waals surface area contributed by atoms with Crippen LogP contribution in [0.3, 0.4) is 0 Å². The van der Waals surface area contributed by atoms with Crippen LogP contribution in [0.1, 0.15) is 37.6 Å². The molecule has 0 radical (unpaired) electrons. The van der Waals surface area contributed by atoms with E-state index in [1.54, 1.807) is 0 Å². The highest BCUT2D eigenvalue weighted by Crippen LogP contribution is 2.44. The average Bonchev–Trinajstić information content (AvgIpc) is 2.97. The second-order valence-corrected chi connectivity index (χ2v) is 7.46. The number of aryl methyl sites for hydroxylation is 2. The van der Waals surface area contributed by atoms with Crippen LogP contribution in [0, 0.1) is 25.7 Å². The van der Waals surface area contributed by atoms with Crippen molar-refractivity contribution in [2.24, 2.45) is 11.8 Å². The molecular weight excluding hydrogens is 304 g/mol. The topological polar surface area (TPSA) is 17.0 Å². The van der Waals surface area contributed by atoms with E-state index in [0.29, 0.717) is 11.8 Å². The summed E-state index contributed by atoms with van der Waals surface area (Å²) in [5.41, 5.74) is 14.2. The molecule has 1 aromatic carbocycles. The number of fused-ring (bicyclic) bond motifs is 3. The second kappa shape index (κ2) is 5.80. The Kier molecular flexibility index (Phi) is 3.72. The minimum absolute atomic E-state index is 0.420. The van der Waals surface area contributed by atoms with Gasteiger partial charge in [-0.2, -0.15) is 0 Å². The largest absolute Gasteiger partial charge is 0.298 e. The van der Waals surface area contributed by atoms with Crippen molar-refractivity contribution < 1.29 is 0 Å². The summed E-state index contributed by atoms with van der Waals surface area (Å²) in [7, 11) is 0.